The lowest BCUT2D eigenvalue weighted by atomic mass is 10.1. The van der Waals surface area contributed by atoms with Crippen molar-refractivity contribution < 1.29 is 13.5 Å². The summed E-state index contributed by atoms with van der Waals surface area (Å²) in [5.74, 6) is 0.0576. The molecule has 0 spiro atoms. The molecule has 1 aliphatic carbocycles. The van der Waals surface area contributed by atoms with Crippen LogP contribution in [-0.4, -0.2) is 12.7 Å². The van der Waals surface area contributed by atoms with Crippen LogP contribution in [0.25, 0.3) is 0 Å². The number of benzene rings is 1. The van der Waals surface area contributed by atoms with Gasteiger partial charge in [-0.25, -0.2) is 0 Å². The van der Waals surface area contributed by atoms with Gasteiger partial charge in [-0.05, 0) is 18.9 Å². The Kier molecular flexibility index (Phi) is 3.55. The second-order valence-corrected chi connectivity index (χ2v) is 3.92. The molecule has 5 heteroatoms. The second kappa shape index (κ2) is 5.11. The molecule has 17 heavy (non-hydrogen) atoms. The Bertz CT molecular complexity index is 427. The maximum Gasteiger partial charge on any atom is 0.387 e. The minimum absolute atomic E-state index is 0.0576. The summed E-state index contributed by atoms with van der Waals surface area (Å²) in [5.41, 5.74) is 0.460. The van der Waals surface area contributed by atoms with Crippen molar-refractivity contribution in [2.24, 2.45) is 0 Å². The van der Waals surface area contributed by atoms with E-state index in [0.29, 0.717) is 11.6 Å². The fourth-order valence-electron chi connectivity index (χ4n) is 1.60. The molecule has 0 aliphatic heterocycles. The fraction of sp³-hybridized carbons (Fsp3) is 0.417. The monoisotopic (exact) mass is 238 g/mol. The molecule has 2 rings (SSSR count). The van der Waals surface area contributed by atoms with Crippen molar-refractivity contribution in [3.63, 3.8) is 0 Å². The van der Waals surface area contributed by atoms with Gasteiger partial charge in [-0.2, -0.15) is 14.0 Å². The lowest BCUT2D eigenvalue weighted by Gasteiger charge is -2.15. The Balaban J connectivity index is 2.19. The van der Waals surface area contributed by atoms with Crippen LogP contribution in [0.15, 0.2) is 24.3 Å². The van der Waals surface area contributed by atoms with Gasteiger partial charge in [0.15, 0.2) is 0 Å². The van der Waals surface area contributed by atoms with Gasteiger partial charge in [0.1, 0.15) is 11.8 Å². The van der Waals surface area contributed by atoms with Gasteiger partial charge < -0.3 is 4.74 Å². The zero-order chi connectivity index (χ0) is 12.3. The number of hydrogen-bond acceptors (Lipinski definition) is 3. The number of alkyl halides is 2. The van der Waals surface area contributed by atoms with E-state index >= 15 is 0 Å². The number of para-hydroxylation sites is 1. The molecule has 90 valence electrons. The predicted octanol–water partition coefficient (Wildman–Crippen LogP) is 2.60. The molecular formula is C12H12F2N2O. The lowest BCUT2D eigenvalue weighted by Crippen LogP contribution is -2.23. The summed E-state index contributed by atoms with van der Waals surface area (Å²) in [6.07, 6.45) is 2.05. The number of hydrogen-bond donors (Lipinski definition) is 1. The van der Waals surface area contributed by atoms with Gasteiger partial charge in [0.2, 0.25) is 0 Å². The Morgan fingerprint density at radius 1 is 1.35 bits per heavy atom. The van der Waals surface area contributed by atoms with Crippen LogP contribution in [0.2, 0.25) is 0 Å². The van der Waals surface area contributed by atoms with Crippen LogP contribution in [0.3, 0.4) is 0 Å². The van der Waals surface area contributed by atoms with Gasteiger partial charge in [-0.3, -0.25) is 5.32 Å². The Morgan fingerprint density at radius 2 is 2.06 bits per heavy atom. The minimum Gasteiger partial charge on any atom is -0.434 e. The molecule has 0 heterocycles. The molecule has 1 saturated carbocycles. The van der Waals surface area contributed by atoms with E-state index in [1.54, 1.807) is 18.2 Å². The maximum absolute atomic E-state index is 12.2. The number of nitrogens with zero attached hydrogens (tertiary/aromatic N) is 1. The first kappa shape index (κ1) is 11.8. The highest BCUT2D eigenvalue weighted by Gasteiger charge is 2.27. The molecule has 0 amide bonds. The van der Waals surface area contributed by atoms with Gasteiger partial charge in [-0.1, -0.05) is 18.2 Å². The Labute approximate surface area is 98.0 Å². The average Bonchev–Trinajstić information content (AvgIpc) is 3.10. The van der Waals surface area contributed by atoms with Crippen molar-refractivity contribution in [3.8, 4) is 11.8 Å². The van der Waals surface area contributed by atoms with E-state index in [0.717, 1.165) is 12.8 Å². The summed E-state index contributed by atoms with van der Waals surface area (Å²) in [6, 6.07) is 8.16. The first-order valence-electron chi connectivity index (χ1n) is 5.40. The van der Waals surface area contributed by atoms with Crippen LogP contribution in [-0.2, 0) is 0 Å². The number of rotatable bonds is 5. The van der Waals surface area contributed by atoms with Crippen molar-refractivity contribution in [2.75, 3.05) is 0 Å². The normalized spacial score (nSPS) is 16.6. The third kappa shape index (κ3) is 3.14. The van der Waals surface area contributed by atoms with Gasteiger partial charge in [0.05, 0.1) is 6.07 Å². The molecule has 1 fully saturated rings. The standard InChI is InChI=1S/C12H12F2N2O/c13-12(14)17-11-4-2-1-3-9(11)10(7-15)16-8-5-6-8/h1-4,8,10,12,16H,5-6H2. The molecule has 1 aliphatic rings. The van der Waals surface area contributed by atoms with Crippen molar-refractivity contribution in [1.82, 2.24) is 5.32 Å². The third-order valence-corrected chi connectivity index (χ3v) is 2.55. The maximum atomic E-state index is 12.2. The van der Waals surface area contributed by atoms with Crippen molar-refractivity contribution in [2.45, 2.75) is 31.5 Å². The topological polar surface area (TPSA) is 45.0 Å². The molecule has 1 unspecified atom stereocenters. The molecule has 1 atom stereocenters. The van der Waals surface area contributed by atoms with Gasteiger partial charge in [0, 0.05) is 11.6 Å². The number of ether oxygens (including phenoxy) is 1. The second-order valence-electron chi connectivity index (χ2n) is 3.92. The van der Waals surface area contributed by atoms with E-state index in [2.05, 4.69) is 16.1 Å². The molecule has 1 aromatic rings. The summed E-state index contributed by atoms with van der Waals surface area (Å²) in [5, 5.41) is 12.1. The SMILES string of the molecule is N#CC(NC1CC1)c1ccccc1OC(F)F. The molecule has 0 radical (unpaired) electrons. The van der Waals surface area contributed by atoms with Crippen LogP contribution < -0.4 is 10.1 Å². The highest BCUT2D eigenvalue weighted by atomic mass is 19.3. The first-order chi connectivity index (χ1) is 8.20. The molecular weight excluding hydrogens is 226 g/mol. The van der Waals surface area contributed by atoms with E-state index in [9.17, 15) is 8.78 Å². The van der Waals surface area contributed by atoms with Crippen LogP contribution in [0, 0.1) is 11.3 Å². The summed E-state index contributed by atoms with van der Waals surface area (Å²) in [7, 11) is 0. The van der Waals surface area contributed by atoms with E-state index < -0.39 is 12.7 Å². The van der Waals surface area contributed by atoms with Crippen LogP contribution in [0.5, 0.6) is 5.75 Å². The summed E-state index contributed by atoms with van der Waals surface area (Å²) in [4.78, 5) is 0. The van der Waals surface area contributed by atoms with Crippen LogP contribution in [0.4, 0.5) is 8.78 Å². The molecule has 1 N–H and O–H groups in total. The number of nitriles is 1. The van der Waals surface area contributed by atoms with E-state index in [1.165, 1.54) is 6.07 Å². The molecule has 0 aromatic heterocycles. The van der Waals surface area contributed by atoms with Crippen molar-refractivity contribution in [1.29, 1.82) is 5.26 Å². The molecule has 1 aromatic carbocycles. The van der Waals surface area contributed by atoms with Gasteiger partial charge in [0.25, 0.3) is 0 Å². The van der Waals surface area contributed by atoms with Crippen molar-refractivity contribution in [3.05, 3.63) is 29.8 Å². The number of nitrogens with one attached hydrogen (secondary N) is 1. The third-order valence-electron chi connectivity index (χ3n) is 2.55. The van der Waals surface area contributed by atoms with Crippen molar-refractivity contribution >= 4 is 0 Å². The highest BCUT2D eigenvalue weighted by molar-refractivity contribution is 5.38. The minimum atomic E-state index is -2.88. The molecule has 0 saturated heterocycles. The smallest absolute Gasteiger partial charge is 0.387 e. The van der Waals surface area contributed by atoms with E-state index in [-0.39, 0.29) is 5.75 Å². The Hall–Kier alpha value is -1.67. The van der Waals surface area contributed by atoms with Crippen LogP contribution >= 0.6 is 0 Å². The lowest BCUT2D eigenvalue weighted by molar-refractivity contribution is -0.0505. The number of halogens is 2. The van der Waals surface area contributed by atoms with Gasteiger partial charge in [-0.15, -0.1) is 0 Å². The highest BCUT2D eigenvalue weighted by Crippen LogP contribution is 2.29. The average molecular weight is 238 g/mol. The summed E-state index contributed by atoms with van der Waals surface area (Å²) in [6.45, 7) is -2.88. The Morgan fingerprint density at radius 3 is 2.65 bits per heavy atom. The summed E-state index contributed by atoms with van der Waals surface area (Å²) < 4.78 is 28.8. The predicted molar refractivity (Wildman–Crippen MR) is 57.6 cm³/mol. The molecule has 0 bridgehead atoms. The quantitative estimate of drug-likeness (QED) is 0.857. The zero-order valence-corrected chi connectivity index (χ0v) is 9.07. The molecule has 3 nitrogen and oxygen atoms in total. The summed E-state index contributed by atoms with van der Waals surface area (Å²) >= 11 is 0. The van der Waals surface area contributed by atoms with Crippen LogP contribution in [0.1, 0.15) is 24.4 Å². The first-order valence-corrected chi connectivity index (χ1v) is 5.40. The van der Waals surface area contributed by atoms with E-state index in [4.69, 9.17) is 5.26 Å². The van der Waals surface area contributed by atoms with Gasteiger partial charge >= 0.3 is 6.61 Å². The largest absolute Gasteiger partial charge is 0.434 e. The fourth-order valence-corrected chi connectivity index (χ4v) is 1.60. The zero-order valence-electron chi connectivity index (χ0n) is 9.07. The van der Waals surface area contributed by atoms with E-state index in [1.807, 2.05) is 0 Å².